The summed E-state index contributed by atoms with van der Waals surface area (Å²) in [6, 6.07) is 16.2. The van der Waals surface area contributed by atoms with E-state index in [0.717, 1.165) is 18.1 Å². The molecule has 36 heavy (non-hydrogen) atoms. The smallest absolute Gasteiger partial charge is 0.385 e. The van der Waals surface area contributed by atoms with Crippen LogP contribution in [0.3, 0.4) is 0 Å². The van der Waals surface area contributed by atoms with Gasteiger partial charge >= 0.3 is 6.18 Å². The van der Waals surface area contributed by atoms with Crippen LogP contribution in [-0.4, -0.2) is 29.6 Å². The summed E-state index contributed by atoms with van der Waals surface area (Å²) >= 11 is 5.73. The molecule has 1 atom stereocenters. The molecule has 1 saturated heterocycles. The van der Waals surface area contributed by atoms with E-state index < -0.39 is 22.4 Å². The van der Waals surface area contributed by atoms with Crippen LogP contribution in [-0.2, 0) is 11.8 Å². The summed E-state index contributed by atoms with van der Waals surface area (Å²) in [4.78, 5) is 2.15. The Morgan fingerprint density at radius 2 is 1.61 bits per heavy atom. The van der Waals surface area contributed by atoms with Crippen molar-refractivity contribution < 1.29 is 27.1 Å². The zero-order valence-corrected chi connectivity index (χ0v) is 20.3. The Hall–Kier alpha value is -2.48. The van der Waals surface area contributed by atoms with Gasteiger partial charge in [-0.3, -0.25) is 0 Å². The molecule has 2 nitrogen and oxygen atoms in total. The molecule has 1 heterocycles. The van der Waals surface area contributed by atoms with Crippen molar-refractivity contribution in [2.45, 2.75) is 43.4 Å². The zero-order valence-electron chi connectivity index (χ0n) is 19.5. The molecule has 1 aliphatic rings. The minimum atomic E-state index is -4.59. The van der Waals surface area contributed by atoms with Crippen LogP contribution in [0.5, 0.6) is 0 Å². The second-order valence-corrected chi connectivity index (χ2v) is 9.74. The lowest BCUT2D eigenvalue weighted by Gasteiger charge is -2.39. The maximum Gasteiger partial charge on any atom is 0.417 e. The Labute approximate surface area is 212 Å². The lowest BCUT2D eigenvalue weighted by molar-refractivity contribution is -0.137. The van der Waals surface area contributed by atoms with Crippen LogP contribution < -0.4 is 0 Å². The second-order valence-electron chi connectivity index (χ2n) is 9.33. The number of piperidine rings is 1. The fourth-order valence-electron chi connectivity index (χ4n) is 4.94. The van der Waals surface area contributed by atoms with Crippen LogP contribution in [0.25, 0.3) is 0 Å². The van der Waals surface area contributed by atoms with Crippen molar-refractivity contribution in [3.05, 3.63) is 106 Å². The highest BCUT2D eigenvalue weighted by Gasteiger charge is 2.38. The van der Waals surface area contributed by atoms with Crippen LogP contribution in [0.4, 0.5) is 22.0 Å². The summed E-state index contributed by atoms with van der Waals surface area (Å²) in [5, 5.41) is 10.7. The first-order valence-corrected chi connectivity index (χ1v) is 12.3. The fraction of sp³-hybridized carbons (Fsp3) is 0.357. The Bertz CT molecular complexity index is 1170. The molecule has 1 N–H and O–H groups in total. The number of alkyl halides is 3. The molecule has 3 aromatic rings. The number of rotatable bonds is 7. The molecule has 1 fully saturated rings. The summed E-state index contributed by atoms with van der Waals surface area (Å²) in [7, 11) is 0. The third kappa shape index (κ3) is 6.07. The highest BCUT2D eigenvalue weighted by molar-refractivity contribution is 6.31. The van der Waals surface area contributed by atoms with Gasteiger partial charge in [-0.05, 0) is 79.3 Å². The van der Waals surface area contributed by atoms with E-state index in [1.54, 1.807) is 30.3 Å². The molecular weight excluding hydrogens is 497 g/mol. The van der Waals surface area contributed by atoms with Gasteiger partial charge in [-0.1, -0.05) is 48.0 Å². The van der Waals surface area contributed by atoms with Gasteiger partial charge in [0, 0.05) is 19.0 Å². The van der Waals surface area contributed by atoms with Crippen LogP contribution in [0.1, 0.15) is 53.9 Å². The summed E-state index contributed by atoms with van der Waals surface area (Å²) in [6.07, 6.45) is -2.64. The summed E-state index contributed by atoms with van der Waals surface area (Å²) < 4.78 is 67.8. The molecule has 0 aliphatic carbocycles. The third-order valence-corrected chi connectivity index (χ3v) is 7.34. The van der Waals surface area contributed by atoms with Crippen molar-refractivity contribution >= 4 is 11.6 Å². The van der Waals surface area contributed by atoms with Crippen molar-refractivity contribution in [2.75, 3.05) is 19.6 Å². The standard InChI is InChI=1S/C28H27ClF5NO/c29-25-12-9-20(18-24(25)28(32,33)34)27(36)13-16-35(17-14-27)15-3-5-22(19-7-10-21(30)11-8-19)23-4-1-2-6-26(23)31/h1-2,4,6-12,18,22,36H,3,5,13-17H2. The molecule has 0 bridgehead atoms. The van der Waals surface area contributed by atoms with Gasteiger partial charge in [-0.25, -0.2) is 8.78 Å². The molecule has 192 valence electrons. The van der Waals surface area contributed by atoms with E-state index in [1.807, 2.05) is 0 Å². The van der Waals surface area contributed by atoms with Gasteiger partial charge in [0.2, 0.25) is 0 Å². The van der Waals surface area contributed by atoms with Crippen LogP contribution in [0.2, 0.25) is 5.02 Å². The van der Waals surface area contributed by atoms with E-state index in [-0.39, 0.29) is 23.1 Å². The van der Waals surface area contributed by atoms with E-state index in [1.165, 1.54) is 30.3 Å². The maximum atomic E-state index is 14.6. The first kappa shape index (κ1) is 26.6. The van der Waals surface area contributed by atoms with Gasteiger partial charge in [0.05, 0.1) is 16.2 Å². The quantitative estimate of drug-likeness (QED) is 0.323. The lowest BCUT2D eigenvalue weighted by atomic mass is 9.83. The monoisotopic (exact) mass is 523 g/mol. The molecule has 1 unspecified atom stereocenters. The molecule has 3 aromatic carbocycles. The molecule has 0 radical (unpaired) electrons. The largest absolute Gasteiger partial charge is 0.417 e. The number of hydrogen-bond donors (Lipinski definition) is 1. The molecule has 1 aliphatic heterocycles. The Balaban J connectivity index is 1.39. The van der Waals surface area contributed by atoms with Crippen molar-refractivity contribution in [2.24, 2.45) is 0 Å². The van der Waals surface area contributed by atoms with Crippen LogP contribution in [0, 0.1) is 11.6 Å². The van der Waals surface area contributed by atoms with Gasteiger partial charge in [0.15, 0.2) is 0 Å². The highest BCUT2D eigenvalue weighted by atomic mass is 35.5. The molecule has 8 heteroatoms. The topological polar surface area (TPSA) is 23.5 Å². The Kier molecular flexibility index (Phi) is 8.03. The minimum absolute atomic E-state index is 0.217. The number of likely N-dealkylation sites (tertiary alicyclic amines) is 1. The third-order valence-electron chi connectivity index (χ3n) is 7.01. The molecule has 0 spiro atoms. The average Bonchev–Trinajstić information content (AvgIpc) is 2.84. The summed E-state index contributed by atoms with van der Waals surface area (Å²) in [5.74, 6) is -0.894. The molecule has 0 aromatic heterocycles. The fourth-order valence-corrected chi connectivity index (χ4v) is 5.17. The highest BCUT2D eigenvalue weighted by Crippen LogP contribution is 2.40. The van der Waals surface area contributed by atoms with E-state index in [4.69, 9.17) is 11.6 Å². The van der Waals surface area contributed by atoms with Crippen LogP contribution in [0.15, 0.2) is 66.7 Å². The van der Waals surface area contributed by atoms with E-state index >= 15 is 0 Å². The SMILES string of the molecule is OC1(c2ccc(Cl)c(C(F)(F)F)c2)CCN(CCCC(c2ccc(F)cc2)c2ccccc2F)CC1. The molecule has 0 amide bonds. The summed E-state index contributed by atoms with van der Waals surface area (Å²) in [5.41, 5.74) is -0.699. The van der Waals surface area contributed by atoms with Gasteiger partial charge in [-0.15, -0.1) is 0 Å². The number of halogens is 6. The number of hydrogen-bond acceptors (Lipinski definition) is 2. The van der Waals surface area contributed by atoms with Gasteiger partial charge in [0.25, 0.3) is 0 Å². The second kappa shape index (κ2) is 10.9. The van der Waals surface area contributed by atoms with E-state index in [0.29, 0.717) is 44.5 Å². The number of benzene rings is 3. The maximum absolute atomic E-state index is 14.6. The number of nitrogens with zero attached hydrogens (tertiary/aromatic N) is 1. The predicted octanol–water partition coefficient (Wildman–Crippen LogP) is 7.53. The van der Waals surface area contributed by atoms with Crippen molar-refractivity contribution in [3.63, 3.8) is 0 Å². The van der Waals surface area contributed by atoms with Gasteiger partial charge in [0.1, 0.15) is 11.6 Å². The van der Waals surface area contributed by atoms with Crippen LogP contribution >= 0.6 is 11.6 Å². The first-order chi connectivity index (χ1) is 17.1. The minimum Gasteiger partial charge on any atom is -0.385 e. The first-order valence-electron chi connectivity index (χ1n) is 11.9. The number of aliphatic hydroxyl groups is 1. The predicted molar refractivity (Wildman–Crippen MR) is 130 cm³/mol. The van der Waals surface area contributed by atoms with Gasteiger partial charge < -0.3 is 10.0 Å². The zero-order chi connectivity index (χ0) is 25.9. The Morgan fingerprint density at radius 3 is 2.25 bits per heavy atom. The van der Waals surface area contributed by atoms with Crippen molar-refractivity contribution in [1.82, 2.24) is 4.90 Å². The van der Waals surface area contributed by atoms with Gasteiger partial charge in [-0.2, -0.15) is 13.2 Å². The van der Waals surface area contributed by atoms with Crippen molar-refractivity contribution in [3.8, 4) is 0 Å². The lowest BCUT2D eigenvalue weighted by Crippen LogP contribution is -2.43. The average molecular weight is 524 g/mol. The molecule has 0 saturated carbocycles. The van der Waals surface area contributed by atoms with E-state index in [2.05, 4.69) is 4.90 Å². The molecule has 4 rings (SSSR count). The Morgan fingerprint density at radius 1 is 0.944 bits per heavy atom. The normalized spacial score (nSPS) is 17.2. The summed E-state index contributed by atoms with van der Waals surface area (Å²) in [6.45, 7) is 1.72. The van der Waals surface area contributed by atoms with Crippen molar-refractivity contribution in [1.29, 1.82) is 0 Å². The molecular formula is C28H27ClF5NO. The van der Waals surface area contributed by atoms with E-state index in [9.17, 15) is 27.1 Å².